The van der Waals surface area contributed by atoms with Crippen LogP contribution >= 0.6 is 47.2 Å². The van der Waals surface area contributed by atoms with Gasteiger partial charge in [0.15, 0.2) is 5.96 Å². The summed E-state index contributed by atoms with van der Waals surface area (Å²) in [6.07, 6.45) is 1.79. The number of nitrogens with one attached hydrogen (secondary N) is 3. The predicted molar refractivity (Wildman–Crippen MR) is 117 cm³/mol. The van der Waals surface area contributed by atoms with Gasteiger partial charge in [0.2, 0.25) is 5.91 Å². The fourth-order valence-corrected chi connectivity index (χ4v) is 2.50. The van der Waals surface area contributed by atoms with Gasteiger partial charge in [0, 0.05) is 42.6 Å². The van der Waals surface area contributed by atoms with Gasteiger partial charge in [-0.2, -0.15) is 0 Å². The van der Waals surface area contributed by atoms with Crippen molar-refractivity contribution in [1.29, 1.82) is 0 Å². The summed E-state index contributed by atoms with van der Waals surface area (Å²) < 4.78 is 0. The molecule has 8 heteroatoms. The van der Waals surface area contributed by atoms with Gasteiger partial charge < -0.3 is 16.0 Å². The fourth-order valence-electron chi connectivity index (χ4n) is 2.00. The molecule has 5 nitrogen and oxygen atoms in total. The van der Waals surface area contributed by atoms with Crippen LogP contribution in [0.15, 0.2) is 23.2 Å². The number of carbonyl (C=O) groups is 1. The van der Waals surface area contributed by atoms with E-state index in [9.17, 15) is 4.79 Å². The maximum absolute atomic E-state index is 11.4. The molecular weight excluding hydrogens is 474 g/mol. The molecule has 0 aromatic heterocycles. The lowest BCUT2D eigenvalue weighted by molar-refractivity contribution is -0.123. The smallest absolute Gasteiger partial charge is 0.222 e. The molecule has 1 aromatic rings. The number of carbonyl (C=O) groups excluding carboxylic acids is 1. The molecule has 25 heavy (non-hydrogen) atoms. The van der Waals surface area contributed by atoms with E-state index in [1.807, 2.05) is 26.0 Å². The van der Waals surface area contributed by atoms with Crippen molar-refractivity contribution in [3.8, 4) is 0 Å². The van der Waals surface area contributed by atoms with E-state index < -0.39 is 0 Å². The van der Waals surface area contributed by atoms with Gasteiger partial charge in [0.05, 0.1) is 0 Å². The summed E-state index contributed by atoms with van der Waals surface area (Å²) in [4.78, 5) is 15.6. The van der Waals surface area contributed by atoms with E-state index in [0.717, 1.165) is 30.9 Å². The SMILES string of the molecule is CN=C(NCCCc1ccc(Cl)cc1Cl)NCCNC(=O)C(C)C.I. The second-order valence-electron chi connectivity index (χ2n) is 5.71. The van der Waals surface area contributed by atoms with E-state index in [-0.39, 0.29) is 35.8 Å². The Balaban J connectivity index is 0.00000576. The molecule has 1 rings (SSSR count). The highest BCUT2D eigenvalue weighted by molar-refractivity contribution is 14.0. The third-order valence-corrected chi connectivity index (χ3v) is 3.98. The molecule has 0 saturated carbocycles. The summed E-state index contributed by atoms with van der Waals surface area (Å²) in [6, 6.07) is 5.56. The van der Waals surface area contributed by atoms with Crippen LogP contribution in [0, 0.1) is 5.92 Å². The van der Waals surface area contributed by atoms with Crippen LogP contribution in [0.1, 0.15) is 25.8 Å². The summed E-state index contributed by atoms with van der Waals surface area (Å²) in [5.41, 5.74) is 1.09. The Bertz CT molecular complexity index is 568. The minimum absolute atomic E-state index is 0. The number of amides is 1. The van der Waals surface area contributed by atoms with Crippen molar-refractivity contribution in [1.82, 2.24) is 16.0 Å². The first-order chi connectivity index (χ1) is 11.4. The molecule has 0 saturated heterocycles. The number of aryl methyl sites for hydroxylation is 1. The summed E-state index contributed by atoms with van der Waals surface area (Å²) in [5.74, 6) is 0.776. The Hall–Kier alpha value is -0.730. The van der Waals surface area contributed by atoms with Gasteiger partial charge in [-0.25, -0.2) is 0 Å². The molecular formula is C17H27Cl2IN4O. The van der Waals surface area contributed by atoms with Crippen LogP contribution in [0.4, 0.5) is 0 Å². The molecule has 142 valence electrons. The number of nitrogens with zero attached hydrogens (tertiary/aromatic N) is 1. The largest absolute Gasteiger partial charge is 0.356 e. The van der Waals surface area contributed by atoms with E-state index >= 15 is 0 Å². The summed E-state index contributed by atoms with van der Waals surface area (Å²) in [5, 5.41) is 10.6. The minimum atomic E-state index is 0. The molecule has 0 spiro atoms. The molecule has 0 unspecified atom stereocenters. The number of rotatable bonds is 8. The number of hydrogen-bond donors (Lipinski definition) is 3. The average molecular weight is 501 g/mol. The minimum Gasteiger partial charge on any atom is -0.356 e. The Morgan fingerprint density at radius 1 is 1.12 bits per heavy atom. The first kappa shape index (κ1) is 24.3. The Labute approximate surface area is 177 Å². The quantitative estimate of drug-likeness (QED) is 0.221. The second kappa shape index (κ2) is 13.5. The van der Waals surface area contributed by atoms with E-state index in [0.29, 0.717) is 23.1 Å². The van der Waals surface area contributed by atoms with Crippen molar-refractivity contribution in [3.63, 3.8) is 0 Å². The van der Waals surface area contributed by atoms with E-state index in [2.05, 4.69) is 20.9 Å². The average Bonchev–Trinajstić information content (AvgIpc) is 2.54. The lowest BCUT2D eigenvalue weighted by Gasteiger charge is -2.13. The van der Waals surface area contributed by atoms with Gasteiger partial charge >= 0.3 is 0 Å². The third kappa shape index (κ3) is 10.1. The molecule has 1 aromatic carbocycles. The highest BCUT2D eigenvalue weighted by Gasteiger charge is 2.05. The van der Waals surface area contributed by atoms with E-state index in [1.165, 1.54) is 0 Å². The Morgan fingerprint density at radius 3 is 2.36 bits per heavy atom. The second-order valence-corrected chi connectivity index (χ2v) is 6.55. The summed E-state index contributed by atoms with van der Waals surface area (Å²) in [7, 11) is 1.72. The van der Waals surface area contributed by atoms with Crippen molar-refractivity contribution >= 4 is 59.0 Å². The number of guanidine groups is 1. The van der Waals surface area contributed by atoms with Crippen molar-refractivity contribution in [3.05, 3.63) is 33.8 Å². The zero-order valence-corrected chi connectivity index (χ0v) is 18.7. The first-order valence-electron chi connectivity index (χ1n) is 8.10. The van der Waals surface area contributed by atoms with Crippen molar-refractivity contribution < 1.29 is 4.79 Å². The number of benzene rings is 1. The predicted octanol–water partition coefficient (Wildman–Crippen LogP) is 3.48. The van der Waals surface area contributed by atoms with Crippen molar-refractivity contribution in [2.75, 3.05) is 26.7 Å². The molecule has 0 aliphatic heterocycles. The van der Waals surface area contributed by atoms with Gasteiger partial charge in [-0.3, -0.25) is 9.79 Å². The lowest BCUT2D eigenvalue weighted by atomic mass is 10.1. The van der Waals surface area contributed by atoms with Crippen LogP contribution in [0.2, 0.25) is 10.0 Å². The Kier molecular flexibility index (Phi) is 13.1. The van der Waals surface area contributed by atoms with Gasteiger partial charge in [-0.05, 0) is 30.5 Å². The molecule has 1 amide bonds. The summed E-state index contributed by atoms with van der Waals surface area (Å²) >= 11 is 12.0. The Morgan fingerprint density at radius 2 is 1.76 bits per heavy atom. The maximum Gasteiger partial charge on any atom is 0.222 e. The topological polar surface area (TPSA) is 65.5 Å². The molecule has 0 aliphatic carbocycles. The van der Waals surface area contributed by atoms with Gasteiger partial charge in [-0.1, -0.05) is 43.1 Å². The molecule has 3 N–H and O–H groups in total. The molecule has 0 aliphatic rings. The van der Waals surface area contributed by atoms with Crippen LogP contribution in [0.25, 0.3) is 0 Å². The van der Waals surface area contributed by atoms with Crippen LogP contribution < -0.4 is 16.0 Å². The zero-order valence-electron chi connectivity index (χ0n) is 14.9. The monoisotopic (exact) mass is 500 g/mol. The molecule has 0 fully saturated rings. The summed E-state index contributed by atoms with van der Waals surface area (Å²) in [6.45, 7) is 5.71. The normalized spacial score (nSPS) is 11.0. The zero-order chi connectivity index (χ0) is 17.9. The fraction of sp³-hybridized carbons (Fsp3) is 0.529. The van der Waals surface area contributed by atoms with E-state index in [4.69, 9.17) is 23.2 Å². The van der Waals surface area contributed by atoms with Crippen LogP contribution in [0.3, 0.4) is 0 Å². The van der Waals surface area contributed by atoms with Gasteiger partial charge in [0.25, 0.3) is 0 Å². The van der Waals surface area contributed by atoms with Gasteiger partial charge in [-0.15, -0.1) is 24.0 Å². The first-order valence-corrected chi connectivity index (χ1v) is 8.85. The maximum atomic E-state index is 11.4. The van der Waals surface area contributed by atoms with Crippen LogP contribution in [-0.2, 0) is 11.2 Å². The highest BCUT2D eigenvalue weighted by Crippen LogP contribution is 2.21. The molecule has 0 atom stereocenters. The van der Waals surface area contributed by atoms with Crippen molar-refractivity contribution in [2.24, 2.45) is 10.9 Å². The highest BCUT2D eigenvalue weighted by atomic mass is 127. The standard InChI is InChI=1S/C17H26Cl2N4O.HI/c1-12(2)16(24)21-9-10-23-17(20-3)22-8-4-5-13-6-7-14(18)11-15(13)19;/h6-7,11-12H,4-5,8-10H2,1-3H3,(H,21,24)(H2,20,22,23);1H. The van der Waals surface area contributed by atoms with Crippen molar-refractivity contribution in [2.45, 2.75) is 26.7 Å². The number of halogens is 3. The van der Waals surface area contributed by atoms with E-state index in [1.54, 1.807) is 13.1 Å². The molecule has 0 heterocycles. The molecule has 0 radical (unpaired) electrons. The molecule has 0 bridgehead atoms. The number of aliphatic imine (C=N–C) groups is 1. The third-order valence-electron chi connectivity index (χ3n) is 3.40. The lowest BCUT2D eigenvalue weighted by Crippen LogP contribution is -2.42. The number of hydrogen-bond acceptors (Lipinski definition) is 2. The van der Waals surface area contributed by atoms with Crippen LogP contribution in [0.5, 0.6) is 0 Å². The van der Waals surface area contributed by atoms with Gasteiger partial charge in [0.1, 0.15) is 0 Å². The van der Waals surface area contributed by atoms with Crippen LogP contribution in [-0.4, -0.2) is 38.5 Å².